The maximum absolute atomic E-state index is 11.4. The Bertz CT molecular complexity index is 517. The number of aromatic nitrogens is 4. The zero-order valence-electron chi connectivity index (χ0n) is 8.99. The first-order valence-electron chi connectivity index (χ1n) is 4.72. The maximum atomic E-state index is 11.4. The molecule has 1 N–H and O–H groups in total. The highest BCUT2D eigenvalue weighted by atomic mass is 16.5. The molecule has 0 saturated carbocycles. The number of nitrogens with one attached hydrogen (secondary N) is 1. The average Bonchev–Trinajstić information content (AvgIpc) is 2.40. The summed E-state index contributed by atoms with van der Waals surface area (Å²) in [6, 6.07) is 0. The van der Waals surface area contributed by atoms with Crippen LogP contribution in [-0.2, 0) is 4.74 Å². The van der Waals surface area contributed by atoms with Crippen LogP contribution in [0, 0.1) is 0 Å². The van der Waals surface area contributed by atoms with E-state index in [4.69, 9.17) is 0 Å². The number of esters is 1. The van der Waals surface area contributed by atoms with Crippen LogP contribution in [0.3, 0.4) is 0 Å². The fraction of sp³-hybridized carbons (Fsp3) is 0.100. The van der Waals surface area contributed by atoms with E-state index < -0.39 is 5.97 Å². The summed E-state index contributed by atoms with van der Waals surface area (Å²) in [7, 11) is 1.28. The molecule has 2 aromatic heterocycles. The number of ether oxygens (including phenoxy) is 1. The van der Waals surface area contributed by atoms with E-state index in [1.807, 2.05) is 0 Å². The molecule has 7 nitrogen and oxygen atoms in total. The maximum Gasteiger partial charge on any atom is 0.360 e. The van der Waals surface area contributed by atoms with Crippen molar-refractivity contribution < 1.29 is 9.53 Å². The first-order chi connectivity index (χ1) is 8.31. The van der Waals surface area contributed by atoms with Gasteiger partial charge in [-0.05, 0) is 0 Å². The zero-order valence-corrected chi connectivity index (χ0v) is 8.99. The van der Waals surface area contributed by atoms with Crippen LogP contribution in [0.2, 0.25) is 0 Å². The summed E-state index contributed by atoms with van der Waals surface area (Å²) < 4.78 is 4.60. The van der Waals surface area contributed by atoms with Crippen molar-refractivity contribution in [2.24, 2.45) is 0 Å². The van der Waals surface area contributed by atoms with Gasteiger partial charge in [0, 0.05) is 12.4 Å². The number of anilines is 2. The molecule has 2 aromatic rings. The first kappa shape index (κ1) is 10.9. The van der Waals surface area contributed by atoms with Gasteiger partial charge in [0.05, 0.1) is 25.2 Å². The molecular weight excluding hydrogens is 222 g/mol. The minimum absolute atomic E-state index is 0.110. The van der Waals surface area contributed by atoms with Gasteiger partial charge in [-0.3, -0.25) is 0 Å². The number of carbonyl (C=O) groups excluding carboxylic acids is 1. The van der Waals surface area contributed by atoms with Crippen molar-refractivity contribution in [2.45, 2.75) is 0 Å². The molecule has 0 radical (unpaired) electrons. The van der Waals surface area contributed by atoms with Gasteiger partial charge >= 0.3 is 5.97 Å². The fourth-order valence-corrected chi connectivity index (χ4v) is 1.18. The highest BCUT2D eigenvalue weighted by Gasteiger charge is 2.14. The molecule has 7 heteroatoms. The third-order valence-electron chi connectivity index (χ3n) is 1.90. The average molecular weight is 231 g/mol. The monoisotopic (exact) mass is 231 g/mol. The second kappa shape index (κ2) is 4.97. The summed E-state index contributed by atoms with van der Waals surface area (Å²) in [6.45, 7) is 0. The predicted molar refractivity (Wildman–Crippen MR) is 58.7 cm³/mol. The van der Waals surface area contributed by atoms with Crippen molar-refractivity contribution >= 4 is 17.5 Å². The van der Waals surface area contributed by atoms with Gasteiger partial charge in [0.2, 0.25) is 0 Å². The molecule has 86 valence electrons. The molecule has 0 aliphatic rings. The van der Waals surface area contributed by atoms with Crippen molar-refractivity contribution in [3.63, 3.8) is 0 Å². The Labute approximate surface area is 96.9 Å². The Morgan fingerprint density at radius 3 is 2.65 bits per heavy atom. The van der Waals surface area contributed by atoms with Crippen LogP contribution in [0.25, 0.3) is 0 Å². The first-order valence-corrected chi connectivity index (χ1v) is 4.72. The standard InChI is InChI=1S/C10H9N5O2/c1-17-10(16)8-9(14-3-2-13-8)15-7-4-11-6-12-5-7/h2-6H,1H3,(H,14,15). The zero-order chi connectivity index (χ0) is 12.1. The number of methoxy groups -OCH3 is 1. The third-order valence-corrected chi connectivity index (χ3v) is 1.90. The van der Waals surface area contributed by atoms with E-state index in [1.165, 1.54) is 25.8 Å². The molecule has 0 aliphatic heterocycles. The van der Waals surface area contributed by atoms with Gasteiger partial charge in [-0.25, -0.2) is 24.7 Å². The quantitative estimate of drug-likeness (QED) is 0.781. The summed E-state index contributed by atoms with van der Waals surface area (Å²) in [4.78, 5) is 27.0. The van der Waals surface area contributed by atoms with Crippen molar-refractivity contribution in [3.05, 3.63) is 36.8 Å². The van der Waals surface area contributed by atoms with Crippen LogP contribution in [0.5, 0.6) is 0 Å². The molecule has 2 heterocycles. The molecule has 0 bridgehead atoms. The highest BCUT2D eigenvalue weighted by Crippen LogP contribution is 2.15. The number of nitrogens with zero attached hydrogens (tertiary/aromatic N) is 4. The van der Waals surface area contributed by atoms with Crippen LogP contribution in [0.15, 0.2) is 31.1 Å². The normalized spacial score (nSPS) is 9.71. The minimum Gasteiger partial charge on any atom is -0.464 e. The van der Waals surface area contributed by atoms with E-state index >= 15 is 0 Å². The van der Waals surface area contributed by atoms with Crippen LogP contribution in [-0.4, -0.2) is 33.0 Å². The second-order valence-electron chi connectivity index (χ2n) is 3.00. The molecule has 2 rings (SSSR count). The summed E-state index contributed by atoms with van der Waals surface area (Å²) in [5.74, 6) is -0.258. The SMILES string of the molecule is COC(=O)c1nccnc1Nc1cncnc1. The van der Waals surface area contributed by atoms with Crippen molar-refractivity contribution in [3.8, 4) is 0 Å². The molecule has 17 heavy (non-hydrogen) atoms. The van der Waals surface area contributed by atoms with Gasteiger partial charge in [-0.1, -0.05) is 0 Å². The Morgan fingerprint density at radius 2 is 1.94 bits per heavy atom. The third kappa shape index (κ3) is 2.51. The molecular formula is C10H9N5O2. The molecule has 0 unspecified atom stereocenters. The predicted octanol–water partition coefficient (Wildman–Crippen LogP) is 0.797. The highest BCUT2D eigenvalue weighted by molar-refractivity contribution is 5.92. The van der Waals surface area contributed by atoms with Gasteiger partial charge < -0.3 is 10.1 Å². The molecule has 0 saturated heterocycles. The lowest BCUT2D eigenvalue weighted by Gasteiger charge is -2.07. The molecule has 0 aliphatic carbocycles. The van der Waals surface area contributed by atoms with E-state index in [0.717, 1.165) is 0 Å². The number of rotatable bonds is 3. The molecule has 0 fully saturated rings. The van der Waals surface area contributed by atoms with Crippen LogP contribution in [0.4, 0.5) is 11.5 Å². The number of hydrogen-bond donors (Lipinski definition) is 1. The summed E-state index contributed by atoms with van der Waals surface area (Å²) >= 11 is 0. The molecule has 0 spiro atoms. The second-order valence-corrected chi connectivity index (χ2v) is 3.00. The lowest BCUT2D eigenvalue weighted by Crippen LogP contribution is -2.09. The smallest absolute Gasteiger partial charge is 0.360 e. The van der Waals surface area contributed by atoms with Crippen LogP contribution >= 0.6 is 0 Å². The fourth-order valence-electron chi connectivity index (χ4n) is 1.18. The summed E-state index contributed by atoms with van der Waals surface area (Å²) in [5.41, 5.74) is 0.719. The topological polar surface area (TPSA) is 89.9 Å². The lowest BCUT2D eigenvalue weighted by molar-refractivity contribution is 0.0595. The molecule has 0 atom stereocenters. The largest absolute Gasteiger partial charge is 0.464 e. The van der Waals surface area contributed by atoms with Crippen LogP contribution in [0.1, 0.15) is 10.5 Å². The van der Waals surface area contributed by atoms with Gasteiger partial charge in [0.1, 0.15) is 6.33 Å². The minimum atomic E-state index is -0.558. The molecule has 0 aromatic carbocycles. The van der Waals surface area contributed by atoms with E-state index in [0.29, 0.717) is 11.5 Å². The van der Waals surface area contributed by atoms with Gasteiger partial charge in [0.15, 0.2) is 11.5 Å². The summed E-state index contributed by atoms with van der Waals surface area (Å²) in [5, 5.41) is 2.89. The van der Waals surface area contributed by atoms with Crippen LogP contribution < -0.4 is 5.32 Å². The van der Waals surface area contributed by atoms with E-state index in [9.17, 15) is 4.79 Å². The Hall–Kier alpha value is -2.57. The van der Waals surface area contributed by atoms with Gasteiger partial charge in [-0.15, -0.1) is 0 Å². The van der Waals surface area contributed by atoms with Crippen molar-refractivity contribution in [1.29, 1.82) is 0 Å². The van der Waals surface area contributed by atoms with Crippen molar-refractivity contribution in [2.75, 3.05) is 12.4 Å². The van der Waals surface area contributed by atoms with E-state index in [-0.39, 0.29) is 5.69 Å². The number of hydrogen-bond acceptors (Lipinski definition) is 7. The van der Waals surface area contributed by atoms with Gasteiger partial charge in [0.25, 0.3) is 0 Å². The van der Waals surface area contributed by atoms with E-state index in [1.54, 1.807) is 12.4 Å². The Morgan fingerprint density at radius 1 is 1.24 bits per heavy atom. The van der Waals surface area contributed by atoms with Crippen molar-refractivity contribution in [1.82, 2.24) is 19.9 Å². The van der Waals surface area contributed by atoms with Gasteiger partial charge in [-0.2, -0.15) is 0 Å². The lowest BCUT2D eigenvalue weighted by atomic mass is 10.4. The Kier molecular flexibility index (Phi) is 3.20. The Balaban J connectivity index is 2.30. The number of carbonyl (C=O) groups is 1. The molecule has 0 amide bonds. The summed E-state index contributed by atoms with van der Waals surface area (Å²) in [6.07, 6.45) is 7.41. The van der Waals surface area contributed by atoms with E-state index in [2.05, 4.69) is 30.0 Å².